The first-order chi connectivity index (χ1) is 11.6. The Morgan fingerprint density at radius 2 is 1.88 bits per heavy atom. The Kier molecular flexibility index (Phi) is 7.26. The van der Waals surface area contributed by atoms with Crippen molar-refractivity contribution in [2.24, 2.45) is 0 Å². The van der Waals surface area contributed by atoms with Crippen LogP contribution in [0.4, 0.5) is 4.39 Å². The zero-order valence-electron chi connectivity index (χ0n) is 14.4. The third-order valence-electron chi connectivity index (χ3n) is 4.55. The van der Waals surface area contributed by atoms with E-state index in [0.717, 1.165) is 48.8 Å². The van der Waals surface area contributed by atoms with Crippen LogP contribution in [0.3, 0.4) is 0 Å². The molecule has 0 radical (unpaired) electrons. The van der Waals surface area contributed by atoms with Crippen LogP contribution in [0, 0.1) is 0 Å². The van der Waals surface area contributed by atoms with Crippen LogP contribution < -0.4 is 0 Å². The van der Waals surface area contributed by atoms with Crippen LogP contribution >= 0.6 is 8.25 Å². The van der Waals surface area contributed by atoms with Gasteiger partial charge in [-0.3, -0.25) is 0 Å². The largest absolute Gasteiger partial charge is 0.399 e. The summed E-state index contributed by atoms with van der Waals surface area (Å²) in [4.78, 5) is 8.96. The molecule has 0 saturated heterocycles. The molecular weight excluding hydrogens is 326 g/mol. The molecule has 0 bridgehead atoms. The smallest absolute Gasteiger partial charge is 0.367 e. The van der Waals surface area contributed by atoms with Gasteiger partial charge in [0, 0.05) is 5.57 Å². The molecule has 0 aliphatic heterocycles. The second-order valence-corrected chi connectivity index (χ2v) is 6.76. The summed E-state index contributed by atoms with van der Waals surface area (Å²) in [5.41, 5.74) is 4.69. The molecule has 1 aromatic rings. The van der Waals surface area contributed by atoms with E-state index in [0.29, 0.717) is 12.0 Å². The molecule has 0 aromatic heterocycles. The minimum Gasteiger partial charge on any atom is -0.399 e. The topological polar surface area (TPSA) is 46.5 Å². The second-order valence-electron chi connectivity index (χ2n) is 6.02. The first kappa shape index (κ1) is 19.0. The van der Waals surface area contributed by atoms with Gasteiger partial charge in [-0.25, -0.2) is 4.57 Å². The van der Waals surface area contributed by atoms with Gasteiger partial charge in [-0.1, -0.05) is 50.1 Å². The van der Waals surface area contributed by atoms with Crippen molar-refractivity contribution in [2.75, 3.05) is 0 Å². The van der Waals surface area contributed by atoms with E-state index in [1.54, 1.807) is 0 Å². The van der Waals surface area contributed by atoms with E-state index in [2.05, 4.69) is 17.5 Å². The molecule has 1 atom stereocenters. The van der Waals surface area contributed by atoms with Crippen molar-refractivity contribution in [1.29, 1.82) is 0 Å². The van der Waals surface area contributed by atoms with Crippen LogP contribution in [0.1, 0.15) is 63.5 Å². The van der Waals surface area contributed by atoms with Crippen molar-refractivity contribution in [3.63, 3.8) is 0 Å². The molecular formula is C19H26FO3P. The van der Waals surface area contributed by atoms with E-state index in [1.165, 1.54) is 12.0 Å². The Hall–Kier alpha value is -1.38. The minimum atomic E-state index is -3.35. The van der Waals surface area contributed by atoms with Crippen LogP contribution in [0.2, 0.25) is 0 Å². The molecule has 0 heterocycles. The maximum atomic E-state index is 14.5. The fourth-order valence-electron chi connectivity index (χ4n) is 3.42. The minimum absolute atomic E-state index is 0.403. The Morgan fingerprint density at radius 3 is 2.46 bits per heavy atom. The molecule has 1 N–H and O–H groups in total. The standard InChI is InChI=1S/C19H26FO3P/c1-3-14-10-8-9-13-17(14)18(15-11-6-5-7-12-15)16(4-2)19(20)23-24(21)22/h8-10,13,24H,3-7,11-12H2,1-2H3,(H,21,22)/b19-16-. The summed E-state index contributed by atoms with van der Waals surface area (Å²) < 4.78 is 30.0. The van der Waals surface area contributed by atoms with Crippen molar-refractivity contribution in [2.45, 2.75) is 58.8 Å². The summed E-state index contributed by atoms with van der Waals surface area (Å²) in [5.74, 6) is 0. The molecule has 1 aliphatic carbocycles. The van der Waals surface area contributed by atoms with Gasteiger partial charge in [0.1, 0.15) is 0 Å². The summed E-state index contributed by atoms with van der Waals surface area (Å²) >= 11 is 0. The van der Waals surface area contributed by atoms with Crippen LogP contribution in [0.25, 0.3) is 5.57 Å². The number of rotatable bonds is 6. The van der Waals surface area contributed by atoms with Gasteiger partial charge in [0.15, 0.2) is 0 Å². The lowest BCUT2D eigenvalue weighted by atomic mass is 9.82. The maximum absolute atomic E-state index is 14.5. The van der Waals surface area contributed by atoms with Crippen LogP contribution in [0.5, 0.6) is 0 Å². The molecule has 5 heteroatoms. The lowest BCUT2D eigenvalue weighted by Gasteiger charge is -2.23. The number of hydrogen-bond acceptors (Lipinski definition) is 2. The first-order valence-electron chi connectivity index (χ1n) is 8.68. The Morgan fingerprint density at radius 1 is 1.21 bits per heavy atom. The van der Waals surface area contributed by atoms with Crippen LogP contribution in [-0.4, -0.2) is 4.89 Å². The van der Waals surface area contributed by atoms with Crippen molar-refractivity contribution in [1.82, 2.24) is 0 Å². The molecule has 1 aromatic carbocycles. The molecule has 24 heavy (non-hydrogen) atoms. The summed E-state index contributed by atoms with van der Waals surface area (Å²) in [6.45, 7) is 3.93. The van der Waals surface area contributed by atoms with Gasteiger partial charge in [0.05, 0.1) is 0 Å². The van der Waals surface area contributed by atoms with Gasteiger partial charge in [0.2, 0.25) is 0 Å². The molecule has 1 unspecified atom stereocenters. The number of halogens is 1. The number of allylic oxidation sites excluding steroid dienone is 3. The summed E-state index contributed by atoms with van der Waals surface area (Å²) in [5, 5.41) is 0. The molecule has 3 nitrogen and oxygen atoms in total. The zero-order chi connectivity index (χ0) is 17.5. The van der Waals surface area contributed by atoms with Gasteiger partial charge in [0.25, 0.3) is 6.01 Å². The zero-order valence-corrected chi connectivity index (χ0v) is 15.4. The van der Waals surface area contributed by atoms with Crippen molar-refractivity contribution in [3.8, 4) is 0 Å². The predicted octanol–water partition coefficient (Wildman–Crippen LogP) is 5.96. The first-order valence-corrected chi connectivity index (χ1v) is 9.94. The van der Waals surface area contributed by atoms with Crippen molar-refractivity contribution < 1.29 is 18.4 Å². The molecule has 0 spiro atoms. The number of hydrogen-bond donors (Lipinski definition) is 1. The highest BCUT2D eigenvalue weighted by atomic mass is 31.1. The predicted molar refractivity (Wildman–Crippen MR) is 96.6 cm³/mol. The number of benzene rings is 1. The fourth-order valence-corrected chi connectivity index (χ4v) is 3.70. The van der Waals surface area contributed by atoms with Gasteiger partial charge in [-0.05, 0) is 55.2 Å². The SMILES string of the molecule is CC/C(C(=C1CCCCC1)c1ccccc1CC)=C(\F)O[PH](=O)O. The summed E-state index contributed by atoms with van der Waals surface area (Å²) in [7, 11) is -3.35. The van der Waals surface area contributed by atoms with E-state index in [9.17, 15) is 8.96 Å². The van der Waals surface area contributed by atoms with E-state index in [1.807, 2.05) is 25.1 Å². The highest BCUT2D eigenvalue weighted by molar-refractivity contribution is 7.32. The molecule has 132 valence electrons. The summed E-state index contributed by atoms with van der Waals surface area (Å²) in [6.07, 6.45) is 6.55. The third-order valence-corrected chi connectivity index (χ3v) is 4.90. The normalized spacial score (nSPS) is 17.2. The monoisotopic (exact) mass is 352 g/mol. The molecule has 1 saturated carbocycles. The van der Waals surface area contributed by atoms with Crippen LogP contribution in [0.15, 0.2) is 41.4 Å². The third kappa shape index (κ3) is 4.58. The average molecular weight is 352 g/mol. The fraction of sp³-hybridized carbons (Fsp3) is 0.474. The Labute approximate surface area is 144 Å². The quantitative estimate of drug-likeness (QED) is 0.508. The molecule has 1 fully saturated rings. The lowest BCUT2D eigenvalue weighted by Crippen LogP contribution is -2.04. The molecule has 2 rings (SSSR count). The van der Waals surface area contributed by atoms with E-state index >= 15 is 0 Å². The number of aryl methyl sites for hydroxylation is 1. The summed E-state index contributed by atoms with van der Waals surface area (Å²) in [6, 6.07) is 7.10. The van der Waals surface area contributed by atoms with Gasteiger partial charge in [-0.15, -0.1) is 0 Å². The lowest BCUT2D eigenvalue weighted by molar-refractivity contribution is 0.271. The molecule has 1 aliphatic rings. The van der Waals surface area contributed by atoms with E-state index in [-0.39, 0.29) is 0 Å². The second kappa shape index (κ2) is 9.19. The van der Waals surface area contributed by atoms with Gasteiger partial charge < -0.3 is 9.42 Å². The van der Waals surface area contributed by atoms with Gasteiger partial charge in [-0.2, -0.15) is 4.39 Å². The van der Waals surface area contributed by atoms with Crippen molar-refractivity contribution in [3.05, 3.63) is 52.6 Å². The average Bonchev–Trinajstić information content (AvgIpc) is 2.59. The van der Waals surface area contributed by atoms with Crippen LogP contribution in [-0.2, 0) is 15.5 Å². The maximum Gasteiger partial charge on any atom is 0.367 e. The van der Waals surface area contributed by atoms with Crippen molar-refractivity contribution >= 4 is 13.8 Å². The highest BCUT2D eigenvalue weighted by Crippen LogP contribution is 2.40. The van der Waals surface area contributed by atoms with E-state index in [4.69, 9.17) is 4.89 Å². The molecule has 0 amide bonds. The Bertz CT molecular complexity index is 656. The Balaban J connectivity index is 2.65. The van der Waals surface area contributed by atoms with Gasteiger partial charge >= 0.3 is 8.25 Å². The van der Waals surface area contributed by atoms with E-state index < -0.39 is 14.3 Å². The highest BCUT2D eigenvalue weighted by Gasteiger charge is 2.22.